The number of nitriles is 1. The molecule has 1 aliphatic rings. The van der Waals surface area contributed by atoms with Crippen LogP contribution < -0.4 is 34.5 Å². The third-order valence-corrected chi connectivity index (χ3v) is 3.53. The Morgan fingerprint density at radius 2 is 1.95 bits per heavy atom. The average molecular weight is 262 g/mol. The summed E-state index contributed by atoms with van der Waals surface area (Å²) < 4.78 is 0. The standard InChI is InChI=1S/C15H14N2O.Na.H/c16-9-11-5-6-15(17-8-7-12(18)10-17)14-4-2-1-3-13(11)14;;/h1-6,12,18H,7-8,10H2;;/q;+1;-1. The molecule has 0 amide bonds. The Morgan fingerprint density at radius 3 is 2.58 bits per heavy atom. The largest absolute Gasteiger partial charge is 1.00 e. The van der Waals surface area contributed by atoms with Gasteiger partial charge < -0.3 is 11.4 Å². The second-order valence-electron chi connectivity index (χ2n) is 4.68. The van der Waals surface area contributed by atoms with Gasteiger partial charge in [-0.1, -0.05) is 24.3 Å². The van der Waals surface area contributed by atoms with E-state index < -0.39 is 0 Å². The molecule has 0 bridgehead atoms. The summed E-state index contributed by atoms with van der Waals surface area (Å²) in [6, 6.07) is 14.0. The van der Waals surface area contributed by atoms with Crippen LogP contribution in [0.2, 0.25) is 0 Å². The molecule has 0 radical (unpaired) electrons. The van der Waals surface area contributed by atoms with E-state index in [-0.39, 0.29) is 37.1 Å². The van der Waals surface area contributed by atoms with Crippen molar-refractivity contribution >= 4 is 16.5 Å². The molecule has 2 aromatic rings. The summed E-state index contributed by atoms with van der Waals surface area (Å²) in [6.07, 6.45) is 0.577. The van der Waals surface area contributed by atoms with Gasteiger partial charge in [-0.15, -0.1) is 0 Å². The van der Waals surface area contributed by atoms with Crippen LogP contribution in [-0.4, -0.2) is 24.3 Å². The van der Waals surface area contributed by atoms with Gasteiger partial charge in [0, 0.05) is 29.5 Å². The fraction of sp³-hybridized carbons (Fsp3) is 0.267. The molecule has 3 nitrogen and oxygen atoms in total. The van der Waals surface area contributed by atoms with E-state index in [1.54, 1.807) is 0 Å². The second kappa shape index (κ2) is 5.94. The van der Waals surface area contributed by atoms with Crippen LogP contribution in [0.5, 0.6) is 0 Å². The average Bonchev–Trinajstić information content (AvgIpc) is 2.84. The van der Waals surface area contributed by atoms with Gasteiger partial charge in [0.1, 0.15) is 0 Å². The van der Waals surface area contributed by atoms with Crippen LogP contribution in [0.4, 0.5) is 5.69 Å². The minimum absolute atomic E-state index is 0. The molecule has 0 saturated carbocycles. The van der Waals surface area contributed by atoms with Crippen molar-refractivity contribution < 1.29 is 36.1 Å². The first-order valence-electron chi connectivity index (χ1n) is 6.14. The number of β-amino-alcohol motifs (C(OH)–C–C–N with tert-alkyl or cyclic N) is 1. The number of fused-ring (bicyclic) bond motifs is 1. The number of benzene rings is 2. The van der Waals surface area contributed by atoms with Crippen LogP contribution in [-0.2, 0) is 0 Å². The Bertz CT molecular complexity index is 641. The molecule has 1 fully saturated rings. The molecule has 0 spiro atoms. The summed E-state index contributed by atoms with van der Waals surface area (Å²) in [6.45, 7) is 1.55. The summed E-state index contributed by atoms with van der Waals surface area (Å²) >= 11 is 0. The van der Waals surface area contributed by atoms with Crippen molar-refractivity contribution in [3.63, 3.8) is 0 Å². The predicted molar refractivity (Wildman–Crippen MR) is 72.6 cm³/mol. The Kier molecular flexibility index (Phi) is 4.49. The maximum Gasteiger partial charge on any atom is 1.00 e. The van der Waals surface area contributed by atoms with Crippen LogP contribution in [0.1, 0.15) is 13.4 Å². The van der Waals surface area contributed by atoms with Crippen molar-refractivity contribution in [1.82, 2.24) is 0 Å². The smallest absolute Gasteiger partial charge is 1.00 e. The molecule has 1 N–H and O–H groups in total. The normalized spacial score (nSPS) is 18.1. The van der Waals surface area contributed by atoms with Gasteiger partial charge in [0.15, 0.2) is 0 Å². The summed E-state index contributed by atoms with van der Waals surface area (Å²) in [4.78, 5) is 2.19. The predicted octanol–water partition coefficient (Wildman–Crippen LogP) is -0.601. The SMILES string of the molecule is N#Cc1ccc(N2CCC(O)C2)c2ccccc12.[H-].[Na+]. The van der Waals surface area contributed by atoms with Crippen LogP contribution >= 0.6 is 0 Å². The molecular weight excluding hydrogens is 247 g/mol. The van der Waals surface area contributed by atoms with E-state index in [0.29, 0.717) is 12.1 Å². The maximum absolute atomic E-state index is 9.64. The maximum atomic E-state index is 9.64. The number of hydrogen-bond donors (Lipinski definition) is 1. The van der Waals surface area contributed by atoms with Crippen molar-refractivity contribution in [1.29, 1.82) is 5.26 Å². The zero-order chi connectivity index (χ0) is 12.5. The minimum atomic E-state index is -0.237. The van der Waals surface area contributed by atoms with Gasteiger partial charge in [-0.2, -0.15) is 5.26 Å². The number of aliphatic hydroxyl groups is 1. The van der Waals surface area contributed by atoms with Crippen LogP contribution in [0.15, 0.2) is 36.4 Å². The summed E-state index contributed by atoms with van der Waals surface area (Å²) in [5, 5.41) is 20.8. The minimum Gasteiger partial charge on any atom is -1.00 e. The van der Waals surface area contributed by atoms with E-state index in [1.807, 2.05) is 36.4 Å². The molecule has 19 heavy (non-hydrogen) atoms. The van der Waals surface area contributed by atoms with E-state index in [1.165, 1.54) is 0 Å². The van der Waals surface area contributed by atoms with Gasteiger partial charge in [-0.05, 0) is 18.6 Å². The number of hydrogen-bond acceptors (Lipinski definition) is 3. The third-order valence-electron chi connectivity index (χ3n) is 3.53. The van der Waals surface area contributed by atoms with E-state index in [2.05, 4.69) is 11.0 Å². The first-order chi connectivity index (χ1) is 8.79. The molecule has 3 rings (SSSR count). The van der Waals surface area contributed by atoms with Crippen molar-refractivity contribution in [2.24, 2.45) is 0 Å². The molecule has 0 aromatic heterocycles. The molecule has 0 aliphatic carbocycles. The first-order valence-corrected chi connectivity index (χ1v) is 6.14. The molecule has 2 aromatic carbocycles. The zero-order valence-electron chi connectivity index (χ0n) is 12.0. The fourth-order valence-electron chi connectivity index (χ4n) is 2.62. The molecular formula is C15H15N2NaO. The molecule has 4 heteroatoms. The van der Waals surface area contributed by atoms with Gasteiger partial charge >= 0.3 is 29.6 Å². The molecule has 1 heterocycles. The van der Waals surface area contributed by atoms with E-state index in [0.717, 1.165) is 29.4 Å². The topological polar surface area (TPSA) is 47.3 Å². The summed E-state index contributed by atoms with van der Waals surface area (Å²) in [5.74, 6) is 0. The summed E-state index contributed by atoms with van der Waals surface area (Å²) in [5.41, 5.74) is 1.82. The van der Waals surface area contributed by atoms with Crippen LogP contribution in [0.3, 0.4) is 0 Å². The number of aliphatic hydroxyl groups excluding tert-OH is 1. The monoisotopic (exact) mass is 262 g/mol. The zero-order valence-corrected chi connectivity index (χ0v) is 13.0. The number of anilines is 1. The Hall–Kier alpha value is -1.05. The van der Waals surface area contributed by atoms with Crippen molar-refractivity contribution in [2.45, 2.75) is 12.5 Å². The van der Waals surface area contributed by atoms with Gasteiger partial charge in [0.25, 0.3) is 0 Å². The van der Waals surface area contributed by atoms with Crippen LogP contribution in [0.25, 0.3) is 10.8 Å². The number of nitrogens with zero attached hydrogens (tertiary/aromatic N) is 2. The van der Waals surface area contributed by atoms with Gasteiger partial charge in [-0.3, -0.25) is 0 Å². The van der Waals surface area contributed by atoms with Gasteiger partial charge in [-0.25, -0.2) is 0 Å². The van der Waals surface area contributed by atoms with Crippen molar-refractivity contribution in [2.75, 3.05) is 18.0 Å². The third kappa shape index (κ3) is 2.63. The first kappa shape index (κ1) is 14.4. The van der Waals surface area contributed by atoms with Crippen LogP contribution in [0, 0.1) is 11.3 Å². The van der Waals surface area contributed by atoms with Crippen molar-refractivity contribution in [3.05, 3.63) is 42.0 Å². The van der Waals surface area contributed by atoms with Gasteiger partial charge in [0.2, 0.25) is 0 Å². The van der Waals surface area contributed by atoms with Crippen molar-refractivity contribution in [3.8, 4) is 6.07 Å². The van der Waals surface area contributed by atoms with E-state index in [4.69, 9.17) is 5.26 Å². The van der Waals surface area contributed by atoms with E-state index in [9.17, 15) is 5.11 Å². The Balaban J connectivity index is 0.000001000. The molecule has 92 valence electrons. The molecule has 1 saturated heterocycles. The molecule has 1 atom stereocenters. The molecule has 1 aliphatic heterocycles. The summed E-state index contributed by atoms with van der Waals surface area (Å²) in [7, 11) is 0. The number of rotatable bonds is 1. The Morgan fingerprint density at radius 1 is 1.21 bits per heavy atom. The second-order valence-corrected chi connectivity index (χ2v) is 4.68. The molecule has 1 unspecified atom stereocenters. The quantitative estimate of drug-likeness (QED) is 0.698. The Labute approximate surface area is 136 Å². The fourth-order valence-corrected chi connectivity index (χ4v) is 2.62. The van der Waals surface area contributed by atoms with Gasteiger partial charge in [0.05, 0.1) is 17.7 Å². The van der Waals surface area contributed by atoms with E-state index >= 15 is 0 Å².